The van der Waals surface area contributed by atoms with Gasteiger partial charge in [0.25, 0.3) is 11.8 Å². The Labute approximate surface area is 186 Å². The first-order chi connectivity index (χ1) is 15.5. The number of imidazole rings is 1. The summed E-state index contributed by atoms with van der Waals surface area (Å²) in [6, 6.07) is 9.11. The quantitative estimate of drug-likeness (QED) is 0.613. The van der Waals surface area contributed by atoms with E-state index in [0.29, 0.717) is 36.7 Å². The van der Waals surface area contributed by atoms with E-state index in [1.807, 2.05) is 31.2 Å². The van der Waals surface area contributed by atoms with Gasteiger partial charge in [0.05, 0.1) is 12.8 Å². The first-order valence-electron chi connectivity index (χ1n) is 10.7. The number of methoxy groups -OCH3 is 1. The van der Waals surface area contributed by atoms with Crippen molar-refractivity contribution in [2.24, 2.45) is 0 Å². The summed E-state index contributed by atoms with van der Waals surface area (Å²) >= 11 is 0. The fourth-order valence-corrected chi connectivity index (χ4v) is 3.95. The predicted octanol–water partition coefficient (Wildman–Crippen LogP) is 3.02. The molecule has 0 bridgehead atoms. The smallest absolute Gasteiger partial charge is 0.292 e. The summed E-state index contributed by atoms with van der Waals surface area (Å²) in [6.45, 7) is 3.10. The van der Waals surface area contributed by atoms with Gasteiger partial charge in [-0.1, -0.05) is 12.1 Å². The monoisotopic (exact) mass is 437 g/mol. The van der Waals surface area contributed by atoms with Crippen molar-refractivity contribution >= 4 is 11.8 Å². The summed E-state index contributed by atoms with van der Waals surface area (Å²) in [4.78, 5) is 35.2. The maximum atomic E-state index is 12.9. The van der Waals surface area contributed by atoms with E-state index in [4.69, 9.17) is 14.2 Å². The van der Waals surface area contributed by atoms with Crippen molar-refractivity contribution < 1.29 is 18.8 Å². The van der Waals surface area contributed by atoms with Gasteiger partial charge in [0.2, 0.25) is 5.76 Å². The summed E-state index contributed by atoms with van der Waals surface area (Å²) in [6.07, 6.45) is 2.41. The molecule has 9 nitrogen and oxygen atoms in total. The first kappa shape index (κ1) is 21.6. The molecule has 0 saturated carbocycles. The van der Waals surface area contributed by atoms with Crippen LogP contribution in [0.5, 0.6) is 5.75 Å². The van der Waals surface area contributed by atoms with E-state index < -0.39 is 0 Å². The number of aromatic nitrogens is 3. The number of likely N-dealkylation sites (tertiary alicyclic amines) is 1. The molecule has 3 heterocycles. The number of hydrogen-bond donors (Lipinski definition) is 2. The van der Waals surface area contributed by atoms with Crippen LogP contribution in [0.3, 0.4) is 0 Å². The second-order valence-electron chi connectivity index (χ2n) is 7.78. The average molecular weight is 438 g/mol. The molecule has 0 aliphatic carbocycles. The minimum absolute atomic E-state index is 0.0170. The number of nitrogens with zero attached hydrogens (tertiary/aromatic N) is 3. The van der Waals surface area contributed by atoms with E-state index in [1.165, 1.54) is 0 Å². The number of benzene rings is 1. The van der Waals surface area contributed by atoms with Crippen molar-refractivity contribution in [3.05, 3.63) is 53.3 Å². The third kappa shape index (κ3) is 4.23. The Bertz CT molecular complexity index is 1100. The molecule has 2 aromatic heterocycles. The number of rotatable bonds is 6. The maximum absolute atomic E-state index is 12.9. The third-order valence-corrected chi connectivity index (χ3v) is 5.77. The number of amides is 2. The molecular weight excluding hydrogens is 410 g/mol. The Morgan fingerprint density at radius 2 is 2.09 bits per heavy atom. The molecule has 4 rings (SSSR count). The second-order valence-corrected chi connectivity index (χ2v) is 7.78. The third-order valence-electron chi connectivity index (χ3n) is 5.77. The minimum atomic E-state index is -0.243. The first-order valence-corrected chi connectivity index (χ1v) is 10.7. The Morgan fingerprint density at radius 1 is 1.31 bits per heavy atom. The van der Waals surface area contributed by atoms with Crippen LogP contribution < -0.4 is 10.1 Å². The molecule has 9 heteroatoms. The van der Waals surface area contributed by atoms with Crippen LogP contribution in [0.4, 0.5) is 0 Å². The summed E-state index contributed by atoms with van der Waals surface area (Å²) in [5.74, 6) is 1.25. The fraction of sp³-hybridized carbons (Fsp3) is 0.391. The minimum Gasteiger partial charge on any atom is -0.497 e. The lowest BCUT2D eigenvalue weighted by atomic mass is 9.97. The lowest BCUT2D eigenvalue weighted by Gasteiger charge is -2.31. The summed E-state index contributed by atoms with van der Waals surface area (Å²) in [5, 5.41) is 6.59. The summed E-state index contributed by atoms with van der Waals surface area (Å²) in [7, 11) is 3.19. The number of piperidine rings is 1. The van der Waals surface area contributed by atoms with E-state index in [-0.39, 0.29) is 23.5 Å². The van der Waals surface area contributed by atoms with Crippen molar-refractivity contribution in [3.8, 4) is 17.0 Å². The Balaban J connectivity index is 1.60. The Morgan fingerprint density at radius 3 is 2.75 bits per heavy atom. The summed E-state index contributed by atoms with van der Waals surface area (Å²) in [5.41, 5.74) is 2.55. The van der Waals surface area contributed by atoms with Gasteiger partial charge < -0.3 is 24.5 Å². The van der Waals surface area contributed by atoms with Crippen LogP contribution in [-0.2, 0) is 6.42 Å². The Kier molecular flexibility index (Phi) is 6.25. The molecule has 0 spiro atoms. The fourth-order valence-electron chi connectivity index (χ4n) is 3.95. The molecule has 0 unspecified atom stereocenters. The van der Waals surface area contributed by atoms with Crippen molar-refractivity contribution in [1.82, 2.24) is 25.3 Å². The van der Waals surface area contributed by atoms with Crippen molar-refractivity contribution in [1.29, 1.82) is 0 Å². The lowest BCUT2D eigenvalue weighted by molar-refractivity contribution is 0.0662. The van der Waals surface area contributed by atoms with Crippen molar-refractivity contribution in [2.45, 2.75) is 32.1 Å². The number of carbonyl (C=O) groups is 2. The number of ether oxygens (including phenoxy) is 1. The number of hydrogen-bond acceptors (Lipinski definition) is 6. The number of nitrogens with one attached hydrogen (secondary N) is 2. The highest BCUT2D eigenvalue weighted by atomic mass is 16.5. The van der Waals surface area contributed by atoms with Crippen LogP contribution in [0.2, 0.25) is 0 Å². The van der Waals surface area contributed by atoms with Gasteiger partial charge >= 0.3 is 0 Å². The normalized spacial score (nSPS) is 16.1. The van der Waals surface area contributed by atoms with Gasteiger partial charge in [-0.25, -0.2) is 4.98 Å². The molecular formula is C23H27N5O4. The van der Waals surface area contributed by atoms with Crippen LogP contribution in [0.25, 0.3) is 11.3 Å². The molecule has 2 amide bonds. The molecule has 1 aliphatic rings. The zero-order valence-corrected chi connectivity index (χ0v) is 18.5. The highest BCUT2D eigenvalue weighted by Gasteiger charge is 2.30. The van der Waals surface area contributed by atoms with E-state index in [1.54, 1.807) is 25.1 Å². The van der Waals surface area contributed by atoms with Crippen molar-refractivity contribution in [2.75, 3.05) is 27.2 Å². The van der Waals surface area contributed by atoms with Crippen LogP contribution in [-0.4, -0.2) is 59.1 Å². The topological polar surface area (TPSA) is 113 Å². The van der Waals surface area contributed by atoms with Gasteiger partial charge in [0, 0.05) is 37.7 Å². The van der Waals surface area contributed by atoms with Gasteiger partial charge in [-0.15, -0.1) is 0 Å². The maximum Gasteiger partial charge on any atom is 0.292 e. The highest BCUT2D eigenvalue weighted by Crippen LogP contribution is 2.31. The standard InChI is InChI=1S/C23H27N5O4/c1-4-16-12-18(32-27-16)23(30)28-11-5-6-15(13-28)21-25-19(20(26-21)22(29)24-2)14-7-9-17(31-3)10-8-14/h7-10,12,15H,4-6,11,13H2,1-3H3,(H,24,29)(H,25,26)/t15-/m1/s1. The molecule has 1 saturated heterocycles. The molecule has 1 aromatic carbocycles. The van der Waals surface area contributed by atoms with Crippen LogP contribution >= 0.6 is 0 Å². The summed E-state index contributed by atoms with van der Waals surface area (Å²) < 4.78 is 10.5. The molecule has 0 radical (unpaired) electrons. The highest BCUT2D eigenvalue weighted by molar-refractivity contribution is 5.98. The van der Waals surface area contributed by atoms with E-state index >= 15 is 0 Å². The molecule has 1 fully saturated rings. The number of aryl methyl sites for hydroxylation is 1. The van der Waals surface area contributed by atoms with Gasteiger partial charge in [-0.05, 0) is 43.5 Å². The van der Waals surface area contributed by atoms with E-state index in [2.05, 4.69) is 15.5 Å². The van der Waals surface area contributed by atoms with Crippen molar-refractivity contribution in [3.63, 3.8) is 0 Å². The predicted molar refractivity (Wildman–Crippen MR) is 118 cm³/mol. The number of aromatic amines is 1. The van der Waals surface area contributed by atoms with Crippen LogP contribution in [0, 0.1) is 0 Å². The van der Waals surface area contributed by atoms with E-state index in [0.717, 1.165) is 29.8 Å². The molecule has 1 aliphatic heterocycles. The second kappa shape index (κ2) is 9.25. The zero-order chi connectivity index (χ0) is 22.7. The lowest BCUT2D eigenvalue weighted by Crippen LogP contribution is -2.39. The zero-order valence-electron chi connectivity index (χ0n) is 18.5. The Hall–Kier alpha value is -3.62. The molecule has 168 valence electrons. The number of carbonyl (C=O) groups excluding carboxylic acids is 2. The molecule has 3 aromatic rings. The molecule has 1 atom stereocenters. The largest absolute Gasteiger partial charge is 0.497 e. The van der Waals surface area contributed by atoms with Crippen LogP contribution in [0.1, 0.15) is 58.2 Å². The van der Waals surface area contributed by atoms with Gasteiger partial charge in [0.15, 0.2) is 0 Å². The SMILES string of the molecule is CCc1cc(C(=O)N2CCC[C@@H](c3nc(-c4ccc(OC)cc4)c(C(=O)NC)[nH]3)C2)on1. The van der Waals surface area contributed by atoms with Gasteiger partial charge in [0.1, 0.15) is 23.0 Å². The van der Waals surface area contributed by atoms with Gasteiger partial charge in [-0.3, -0.25) is 9.59 Å². The van der Waals surface area contributed by atoms with Gasteiger partial charge in [-0.2, -0.15) is 0 Å². The number of H-pyrrole nitrogens is 1. The molecule has 32 heavy (non-hydrogen) atoms. The average Bonchev–Trinajstić information content (AvgIpc) is 3.51. The molecule has 2 N–H and O–H groups in total. The van der Waals surface area contributed by atoms with Crippen LogP contribution in [0.15, 0.2) is 34.9 Å². The van der Waals surface area contributed by atoms with E-state index in [9.17, 15) is 9.59 Å².